The van der Waals surface area contributed by atoms with Gasteiger partial charge in [0.1, 0.15) is 5.82 Å². The molecule has 1 heterocycles. The van der Waals surface area contributed by atoms with Gasteiger partial charge in [-0.05, 0) is 55.2 Å². The Hall–Kier alpha value is -0.930. The third-order valence-corrected chi connectivity index (χ3v) is 5.32. The first kappa shape index (κ1) is 15.9. The van der Waals surface area contributed by atoms with Crippen molar-refractivity contribution in [1.29, 1.82) is 0 Å². The van der Waals surface area contributed by atoms with E-state index < -0.39 is 0 Å². The van der Waals surface area contributed by atoms with Crippen molar-refractivity contribution < 1.29 is 4.39 Å². The second-order valence-corrected chi connectivity index (χ2v) is 7.41. The van der Waals surface area contributed by atoms with E-state index in [4.69, 9.17) is 5.73 Å². The monoisotopic (exact) mass is 304 g/mol. The lowest BCUT2D eigenvalue weighted by Crippen LogP contribution is -2.49. The number of piperidine rings is 1. The summed E-state index contributed by atoms with van der Waals surface area (Å²) in [6.07, 6.45) is 9.15. The van der Waals surface area contributed by atoms with Crippen LogP contribution in [0.25, 0.3) is 0 Å². The van der Waals surface area contributed by atoms with Gasteiger partial charge in [-0.25, -0.2) is 4.39 Å². The van der Waals surface area contributed by atoms with Gasteiger partial charge in [-0.2, -0.15) is 0 Å². The van der Waals surface area contributed by atoms with Crippen molar-refractivity contribution in [2.24, 2.45) is 17.6 Å². The summed E-state index contributed by atoms with van der Waals surface area (Å²) >= 11 is 0. The molecule has 2 nitrogen and oxygen atoms in total. The Morgan fingerprint density at radius 2 is 1.73 bits per heavy atom. The Morgan fingerprint density at radius 1 is 1.00 bits per heavy atom. The highest BCUT2D eigenvalue weighted by Crippen LogP contribution is 2.27. The quantitative estimate of drug-likeness (QED) is 0.921. The zero-order valence-electron chi connectivity index (χ0n) is 13.5. The zero-order valence-corrected chi connectivity index (χ0v) is 13.5. The van der Waals surface area contributed by atoms with Crippen molar-refractivity contribution >= 4 is 0 Å². The van der Waals surface area contributed by atoms with E-state index in [2.05, 4.69) is 4.90 Å². The molecule has 3 rings (SSSR count). The summed E-state index contributed by atoms with van der Waals surface area (Å²) in [7, 11) is 0. The van der Waals surface area contributed by atoms with E-state index in [1.165, 1.54) is 44.2 Å². The van der Waals surface area contributed by atoms with Gasteiger partial charge in [0.05, 0.1) is 0 Å². The molecule has 2 atom stereocenters. The SMILES string of the molecule is NC1CC(Cc2ccc(F)cc2)CN(CC2CCCCC2)C1. The average molecular weight is 304 g/mol. The van der Waals surface area contributed by atoms with Crippen LogP contribution in [0.5, 0.6) is 0 Å². The molecule has 1 aliphatic heterocycles. The Morgan fingerprint density at radius 3 is 2.45 bits per heavy atom. The van der Waals surface area contributed by atoms with Gasteiger partial charge in [-0.1, -0.05) is 31.4 Å². The number of nitrogens with zero attached hydrogens (tertiary/aromatic N) is 1. The maximum absolute atomic E-state index is 13.0. The van der Waals surface area contributed by atoms with Crippen LogP contribution in [0.1, 0.15) is 44.1 Å². The van der Waals surface area contributed by atoms with Crippen LogP contribution in [0.2, 0.25) is 0 Å². The van der Waals surface area contributed by atoms with Gasteiger partial charge < -0.3 is 10.6 Å². The maximum atomic E-state index is 13.0. The molecule has 22 heavy (non-hydrogen) atoms. The summed E-state index contributed by atoms with van der Waals surface area (Å²) in [6, 6.07) is 7.26. The number of nitrogens with two attached hydrogens (primary N) is 1. The lowest BCUT2D eigenvalue weighted by atomic mass is 9.86. The molecule has 0 bridgehead atoms. The van der Waals surface area contributed by atoms with Crippen LogP contribution in [0, 0.1) is 17.7 Å². The highest BCUT2D eigenvalue weighted by Gasteiger charge is 2.27. The van der Waals surface area contributed by atoms with Gasteiger partial charge in [0.25, 0.3) is 0 Å². The average Bonchev–Trinajstić information content (AvgIpc) is 2.50. The first-order valence-corrected chi connectivity index (χ1v) is 8.91. The molecule has 1 saturated carbocycles. The van der Waals surface area contributed by atoms with Crippen LogP contribution in [0.15, 0.2) is 24.3 Å². The Balaban J connectivity index is 1.54. The lowest BCUT2D eigenvalue weighted by Gasteiger charge is -2.39. The lowest BCUT2D eigenvalue weighted by molar-refractivity contribution is 0.124. The van der Waals surface area contributed by atoms with Gasteiger partial charge in [-0.3, -0.25) is 0 Å². The first-order chi connectivity index (χ1) is 10.7. The highest BCUT2D eigenvalue weighted by atomic mass is 19.1. The van der Waals surface area contributed by atoms with Gasteiger partial charge in [0.2, 0.25) is 0 Å². The molecule has 3 heteroatoms. The first-order valence-electron chi connectivity index (χ1n) is 8.91. The topological polar surface area (TPSA) is 29.3 Å². The molecule has 2 N–H and O–H groups in total. The van der Waals surface area contributed by atoms with Crippen LogP contribution in [-0.2, 0) is 6.42 Å². The van der Waals surface area contributed by atoms with Gasteiger partial charge in [0.15, 0.2) is 0 Å². The summed E-state index contributed by atoms with van der Waals surface area (Å²) in [5.74, 6) is 1.34. The number of hydrogen-bond acceptors (Lipinski definition) is 2. The molecular weight excluding hydrogens is 275 g/mol. The third-order valence-electron chi connectivity index (χ3n) is 5.32. The molecular formula is C19H29FN2. The maximum Gasteiger partial charge on any atom is 0.123 e. The van der Waals surface area contributed by atoms with E-state index in [1.807, 2.05) is 12.1 Å². The predicted octanol–water partition coefficient (Wildman–Crippen LogP) is 3.60. The third kappa shape index (κ3) is 4.53. The van der Waals surface area contributed by atoms with Crippen LogP contribution in [-0.4, -0.2) is 30.6 Å². The van der Waals surface area contributed by atoms with E-state index in [1.54, 1.807) is 12.1 Å². The van der Waals surface area contributed by atoms with E-state index >= 15 is 0 Å². The molecule has 2 unspecified atom stereocenters. The van der Waals surface area contributed by atoms with Crippen molar-refractivity contribution in [3.63, 3.8) is 0 Å². The molecule has 0 aromatic heterocycles. The molecule has 2 aliphatic rings. The normalized spacial score (nSPS) is 27.9. The molecule has 2 fully saturated rings. The molecule has 1 saturated heterocycles. The van der Waals surface area contributed by atoms with E-state index in [-0.39, 0.29) is 5.82 Å². The smallest absolute Gasteiger partial charge is 0.123 e. The van der Waals surface area contributed by atoms with Crippen molar-refractivity contribution in [3.8, 4) is 0 Å². The Labute approximate surface area is 133 Å². The number of rotatable bonds is 4. The number of likely N-dealkylation sites (tertiary alicyclic amines) is 1. The zero-order chi connectivity index (χ0) is 15.4. The van der Waals surface area contributed by atoms with E-state index in [0.717, 1.165) is 31.8 Å². The molecule has 0 spiro atoms. The van der Waals surface area contributed by atoms with Gasteiger partial charge in [-0.15, -0.1) is 0 Å². The van der Waals surface area contributed by atoms with Crippen LogP contribution in [0.3, 0.4) is 0 Å². The fourth-order valence-electron chi connectivity index (χ4n) is 4.33. The second-order valence-electron chi connectivity index (χ2n) is 7.41. The summed E-state index contributed by atoms with van der Waals surface area (Å²) in [6.45, 7) is 3.44. The van der Waals surface area contributed by atoms with Crippen molar-refractivity contribution in [3.05, 3.63) is 35.6 Å². The van der Waals surface area contributed by atoms with Gasteiger partial charge in [0, 0.05) is 25.7 Å². The summed E-state index contributed by atoms with van der Waals surface area (Å²) in [5, 5.41) is 0. The fourth-order valence-corrected chi connectivity index (χ4v) is 4.33. The Kier molecular flexibility index (Phi) is 5.48. The van der Waals surface area contributed by atoms with Crippen LogP contribution < -0.4 is 5.73 Å². The Bertz CT molecular complexity index is 453. The summed E-state index contributed by atoms with van der Waals surface area (Å²) in [4.78, 5) is 2.60. The van der Waals surface area contributed by atoms with Crippen molar-refractivity contribution in [2.45, 2.75) is 51.0 Å². The molecule has 0 radical (unpaired) electrons. The fraction of sp³-hybridized carbons (Fsp3) is 0.684. The minimum Gasteiger partial charge on any atom is -0.327 e. The van der Waals surface area contributed by atoms with Crippen LogP contribution in [0.4, 0.5) is 4.39 Å². The number of hydrogen-bond donors (Lipinski definition) is 1. The molecule has 122 valence electrons. The summed E-state index contributed by atoms with van der Waals surface area (Å²) < 4.78 is 13.0. The number of benzene rings is 1. The predicted molar refractivity (Wildman–Crippen MR) is 89.2 cm³/mol. The highest BCUT2D eigenvalue weighted by molar-refractivity contribution is 5.17. The summed E-state index contributed by atoms with van der Waals surface area (Å²) in [5.41, 5.74) is 7.53. The molecule has 1 aromatic rings. The minimum atomic E-state index is -0.150. The van der Waals surface area contributed by atoms with E-state index in [0.29, 0.717) is 12.0 Å². The standard InChI is InChI=1S/C19H29FN2/c20-18-8-6-15(7-9-18)10-17-11-19(21)14-22(13-17)12-16-4-2-1-3-5-16/h6-9,16-17,19H,1-5,10-14,21H2. The minimum absolute atomic E-state index is 0.150. The molecule has 1 aliphatic carbocycles. The van der Waals surface area contributed by atoms with E-state index in [9.17, 15) is 4.39 Å². The second kappa shape index (κ2) is 7.56. The molecule has 0 amide bonds. The van der Waals surface area contributed by atoms with Gasteiger partial charge >= 0.3 is 0 Å². The van der Waals surface area contributed by atoms with Crippen LogP contribution >= 0.6 is 0 Å². The number of halogens is 1. The van der Waals surface area contributed by atoms with Crippen molar-refractivity contribution in [1.82, 2.24) is 4.90 Å². The molecule has 1 aromatic carbocycles. The largest absolute Gasteiger partial charge is 0.327 e. The van der Waals surface area contributed by atoms with Crippen molar-refractivity contribution in [2.75, 3.05) is 19.6 Å².